The van der Waals surface area contributed by atoms with Crippen molar-refractivity contribution in [2.24, 2.45) is 5.92 Å². The monoisotopic (exact) mass is 498 g/mol. The standard InChI is InChI=1S/C30H34N4O3/c1-37-26-9-5-8-24(19-26)32-30(36)33-25-12-13-28(27(20-25)29(35)31-23-10-11-23)34-16-14-22(15-17-34)18-21-6-3-2-4-7-21/h2-9,12-13,19-20,22-23H,10-11,14-18H2,1H3,(H,31,35)(H2,32,33,36). The summed E-state index contributed by atoms with van der Waals surface area (Å²) in [5, 5.41) is 8.80. The number of anilines is 3. The van der Waals surface area contributed by atoms with Gasteiger partial charge in [-0.1, -0.05) is 36.4 Å². The van der Waals surface area contributed by atoms with Crippen LogP contribution in [-0.2, 0) is 6.42 Å². The number of carbonyl (C=O) groups is 2. The Hall–Kier alpha value is -4.00. The zero-order chi connectivity index (χ0) is 25.6. The number of piperidine rings is 1. The molecule has 1 saturated heterocycles. The van der Waals surface area contributed by atoms with Gasteiger partial charge >= 0.3 is 6.03 Å². The Kier molecular flexibility index (Phi) is 7.59. The summed E-state index contributed by atoms with van der Waals surface area (Å²) >= 11 is 0. The van der Waals surface area contributed by atoms with Crippen molar-refractivity contribution in [3.63, 3.8) is 0 Å². The van der Waals surface area contributed by atoms with Gasteiger partial charge in [0.2, 0.25) is 0 Å². The maximum Gasteiger partial charge on any atom is 0.323 e. The summed E-state index contributed by atoms with van der Waals surface area (Å²) in [5.41, 5.74) is 4.11. The summed E-state index contributed by atoms with van der Waals surface area (Å²) in [4.78, 5) is 28.1. The molecule has 0 bridgehead atoms. The van der Waals surface area contributed by atoms with E-state index < -0.39 is 0 Å². The van der Waals surface area contributed by atoms with Gasteiger partial charge in [-0.2, -0.15) is 0 Å². The first-order valence-corrected chi connectivity index (χ1v) is 13.0. The second kappa shape index (κ2) is 11.4. The lowest BCUT2D eigenvalue weighted by Gasteiger charge is -2.35. The van der Waals surface area contributed by atoms with Crippen LogP contribution in [0.4, 0.5) is 21.9 Å². The molecule has 7 heteroatoms. The molecular weight excluding hydrogens is 464 g/mol. The zero-order valence-electron chi connectivity index (χ0n) is 21.2. The number of amides is 3. The number of benzene rings is 3. The van der Waals surface area contributed by atoms with Crippen molar-refractivity contribution in [2.75, 3.05) is 35.7 Å². The third kappa shape index (κ3) is 6.61. The Labute approximate surface area is 218 Å². The molecule has 2 aliphatic rings. The third-order valence-electron chi connectivity index (χ3n) is 7.06. The second-order valence-corrected chi connectivity index (χ2v) is 9.91. The number of urea groups is 1. The van der Waals surface area contributed by atoms with Crippen LogP contribution in [0.25, 0.3) is 0 Å². The highest BCUT2D eigenvalue weighted by molar-refractivity contribution is 6.04. The molecule has 1 saturated carbocycles. The largest absolute Gasteiger partial charge is 0.497 e. The van der Waals surface area contributed by atoms with E-state index in [1.54, 1.807) is 25.3 Å². The van der Waals surface area contributed by atoms with Crippen LogP contribution < -0.4 is 25.6 Å². The molecule has 0 spiro atoms. The molecule has 3 aromatic rings. The van der Waals surface area contributed by atoms with E-state index in [9.17, 15) is 9.59 Å². The van der Waals surface area contributed by atoms with Crippen molar-refractivity contribution < 1.29 is 14.3 Å². The van der Waals surface area contributed by atoms with Crippen molar-refractivity contribution in [2.45, 2.75) is 38.1 Å². The van der Waals surface area contributed by atoms with Gasteiger partial charge in [0.1, 0.15) is 5.75 Å². The molecule has 5 rings (SSSR count). The Bertz CT molecular complexity index is 1230. The molecule has 3 N–H and O–H groups in total. The van der Waals surface area contributed by atoms with E-state index in [4.69, 9.17) is 4.74 Å². The number of nitrogens with one attached hydrogen (secondary N) is 3. The maximum atomic E-state index is 13.2. The molecule has 0 radical (unpaired) electrons. The Morgan fingerprint density at radius 1 is 0.865 bits per heavy atom. The number of carbonyl (C=O) groups excluding carboxylic acids is 2. The lowest BCUT2D eigenvalue weighted by atomic mass is 9.89. The van der Waals surface area contributed by atoms with E-state index in [1.807, 2.05) is 24.3 Å². The molecule has 192 valence electrons. The number of rotatable bonds is 8. The van der Waals surface area contributed by atoms with E-state index in [-0.39, 0.29) is 18.0 Å². The predicted octanol–water partition coefficient (Wildman–Crippen LogP) is 5.69. The fourth-order valence-electron chi connectivity index (χ4n) is 4.88. The van der Waals surface area contributed by atoms with Gasteiger partial charge in [-0.05, 0) is 73.9 Å². The van der Waals surface area contributed by atoms with Crippen LogP contribution >= 0.6 is 0 Å². The summed E-state index contributed by atoms with van der Waals surface area (Å²) in [5.74, 6) is 1.22. The second-order valence-electron chi connectivity index (χ2n) is 9.91. The van der Waals surface area contributed by atoms with Gasteiger partial charge in [0.25, 0.3) is 5.91 Å². The fourth-order valence-corrected chi connectivity index (χ4v) is 4.88. The lowest BCUT2D eigenvalue weighted by molar-refractivity contribution is 0.0951. The number of hydrogen-bond acceptors (Lipinski definition) is 4. The van der Waals surface area contributed by atoms with Crippen LogP contribution in [-0.4, -0.2) is 38.2 Å². The van der Waals surface area contributed by atoms with Crippen LogP contribution in [0.15, 0.2) is 72.8 Å². The summed E-state index contributed by atoms with van der Waals surface area (Å²) in [6, 6.07) is 23.3. The first-order chi connectivity index (χ1) is 18.1. The molecule has 1 heterocycles. The fraction of sp³-hybridized carbons (Fsp3) is 0.333. The highest BCUT2D eigenvalue weighted by Gasteiger charge is 2.28. The quantitative estimate of drug-likeness (QED) is 0.373. The molecule has 37 heavy (non-hydrogen) atoms. The minimum Gasteiger partial charge on any atom is -0.497 e. The molecule has 1 aliphatic heterocycles. The normalized spacial score (nSPS) is 15.6. The van der Waals surface area contributed by atoms with Crippen molar-refractivity contribution in [1.29, 1.82) is 0 Å². The molecule has 0 aromatic heterocycles. The first kappa shape index (κ1) is 24.7. The van der Waals surface area contributed by atoms with Crippen LogP contribution in [0.5, 0.6) is 5.75 Å². The Balaban J connectivity index is 1.27. The molecule has 2 fully saturated rings. The SMILES string of the molecule is COc1cccc(NC(=O)Nc2ccc(N3CCC(Cc4ccccc4)CC3)c(C(=O)NC3CC3)c2)c1. The van der Waals surface area contributed by atoms with Gasteiger partial charge in [-0.25, -0.2) is 4.79 Å². The highest BCUT2D eigenvalue weighted by atomic mass is 16.5. The van der Waals surface area contributed by atoms with Crippen LogP contribution in [0.3, 0.4) is 0 Å². The number of ether oxygens (including phenoxy) is 1. The highest BCUT2D eigenvalue weighted by Crippen LogP contribution is 2.31. The Morgan fingerprint density at radius 2 is 1.59 bits per heavy atom. The van der Waals surface area contributed by atoms with Crippen molar-refractivity contribution in [1.82, 2.24) is 5.32 Å². The third-order valence-corrected chi connectivity index (χ3v) is 7.06. The van der Waals surface area contributed by atoms with Gasteiger partial charge in [-0.15, -0.1) is 0 Å². The van der Waals surface area contributed by atoms with Crippen molar-refractivity contribution >= 4 is 29.0 Å². The molecule has 1 aliphatic carbocycles. The maximum absolute atomic E-state index is 13.2. The van der Waals surface area contributed by atoms with Gasteiger partial charge in [-0.3, -0.25) is 4.79 Å². The molecule has 3 aromatic carbocycles. The van der Waals surface area contributed by atoms with Crippen LogP contribution in [0, 0.1) is 5.92 Å². The van der Waals surface area contributed by atoms with Crippen LogP contribution in [0.2, 0.25) is 0 Å². The number of hydrogen-bond donors (Lipinski definition) is 3. The summed E-state index contributed by atoms with van der Waals surface area (Å²) in [6.07, 6.45) is 5.30. The van der Waals surface area contributed by atoms with E-state index in [0.29, 0.717) is 28.6 Å². The number of methoxy groups -OCH3 is 1. The van der Waals surface area contributed by atoms with E-state index in [1.165, 1.54) is 5.56 Å². The first-order valence-electron chi connectivity index (χ1n) is 13.0. The van der Waals surface area contributed by atoms with Crippen molar-refractivity contribution in [3.05, 3.63) is 83.9 Å². The minimum atomic E-state index is -0.378. The number of nitrogens with zero attached hydrogens (tertiary/aromatic N) is 1. The minimum absolute atomic E-state index is 0.0826. The summed E-state index contributed by atoms with van der Waals surface area (Å²) < 4.78 is 5.22. The topological polar surface area (TPSA) is 82.7 Å². The summed E-state index contributed by atoms with van der Waals surface area (Å²) in [6.45, 7) is 1.81. The average molecular weight is 499 g/mol. The van der Waals surface area contributed by atoms with Crippen LogP contribution in [0.1, 0.15) is 41.6 Å². The van der Waals surface area contributed by atoms with Gasteiger partial charge in [0.05, 0.1) is 12.7 Å². The average Bonchev–Trinajstić information content (AvgIpc) is 3.74. The lowest BCUT2D eigenvalue weighted by Crippen LogP contribution is -2.36. The van der Waals surface area contributed by atoms with E-state index in [2.05, 4.69) is 51.2 Å². The van der Waals surface area contributed by atoms with E-state index >= 15 is 0 Å². The molecular formula is C30H34N4O3. The molecule has 3 amide bonds. The van der Waals surface area contributed by atoms with Crippen molar-refractivity contribution in [3.8, 4) is 5.75 Å². The summed E-state index contributed by atoms with van der Waals surface area (Å²) in [7, 11) is 1.58. The predicted molar refractivity (Wildman–Crippen MR) is 148 cm³/mol. The van der Waals surface area contributed by atoms with E-state index in [0.717, 1.165) is 50.9 Å². The van der Waals surface area contributed by atoms with Gasteiger partial charge in [0, 0.05) is 42.3 Å². The zero-order valence-corrected chi connectivity index (χ0v) is 21.2. The molecule has 7 nitrogen and oxygen atoms in total. The van der Waals surface area contributed by atoms with Gasteiger partial charge in [0.15, 0.2) is 0 Å². The van der Waals surface area contributed by atoms with Gasteiger partial charge < -0.3 is 25.6 Å². The smallest absolute Gasteiger partial charge is 0.323 e. The Morgan fingerprint density at radius 3 is 2.30 bits per heavy atom. The molecule has 0 atom stereocenters. The molecule has 0 unspecified atom stereocenters.